The minimum Gasteiger partial charge on any atom is -0.446 e. The number of alkyl carbamates (subject to hydrolysis) is 1. The number of allylic oxidation sites excluding steroid dienone is 4. The van der Waals surface area contributed by atoms with Crippen LogP contribution in [-0.2, 0) is 9.47 Å². The summed E-state index contributed by atoms with van der Waals surface area (Å²) in [7, 11) is 0. The quantitative estimate of drug-likeness (QED) is 0.572. The minimum atomic E-state index is -0.405. The summed E-state index contributed by atoms with van der Waals surface area (Å²) in [6, 6.07) is 0. The second kappa shape index (κ2) is 7.12. The lowest BCUT2D eigenvalue weighted by molar-refractivity contribution is 0.138. The van der Waals surface area contributed by atoms with Crippen LogP contribution in [0.25, 0.3) is 0 Å². The number of ether oxygens (including phenoxy) is 2. The van der Waals surface area contributed by atoms with Gasteiger partial charge in [0, 0.05) is 5.70 Å². The third kappa shape index (κ3) is 6.12. The zero-order valence-electron chi connectivity index (χ0n) is 10.8. The van der Waals surface area contributed by atoms with E-state index in [2.05, 4.69) is 18.3 Å². The van der Waals surface area contributed by atoms with Gasteiger partial charge in [0.1, 0.15) is 12.7 Å². The van der Waals surface area contributed by atoms with Crippen molar-refractivity contribution in [3.8, 4) is 0 Å². The molecule has 0 spiro atoms. The summed E-state index contributed by atoms with van der Waals surface area (Å²) in [4.78, 5) is 11.4. The van der Waals surface area contributed by atoms with Gasteiger partial charge in [-0.3, -0.25) is 5.32 Å². The number of hydrogen-bond acceptors (Lipinski definition) is 3. The maximum Gasteiger partial charge on any atom is 0.411 e. The zero-order valence-corrected chi connectivity index (χ0v) is 10.8. The molecule has 0 aliphatic carbocycles. The van der Waals surface area contributed by atoms with E-state index in [1.54, 1.807) is 0 Å². The predicted molar refractivity (Wildman–Crippen MR) is 66.6 cm³/mol. The lowest BCUT2D eigenvalue weighted by Crippen LogP contribution is -2.25. The largest absolute Gasteiger partial charge is 0.446 e. The highest BCUT2D eigenvalue weighted by Crippen LogP contribution is 2.09. The zero-order chi connectivity index (χ0) is 12.7. The Kier molecular flexibility index (Phi) is 5.77. The highest BCUT2D eigenvalue weighted by molar-refractivity contribution is 5.69. The van der Waals surface area contributed by atoms with Crippen molar-refractivity contribution in [2.75, 3.05) is 13.2 Å². The van der Waals surface area contributed by atoms with E-state index in [1.807, 2.05) is 19.9 Å². The molecule has 96 valence electrons. The van der Waals surface area contributed by atoms with Crippen molar-refractivity contribution in [1.29, 1.82) is 0 Å². The van der Waals surface area contributed by atoms with Crippen LogP contribution >= 0.6 is 0 Å². The van der Waals surface area contributed by atoms with E-state index in [1.165, 1.54) is 0 Å². The van der Waals surface area contributed by atoms with Crippen molar-refractivity contribution in [3.63, 3.8) is 0 Å². The molecule has 0 saturated carbocycles. The number of carbonyl (C=O) groups excluding carboxylic acids is 1. The number of epoxide rings is 1. The second-order valence-corrected chi connectivity index (χ2v) is 4.06. The SMILES string of the molecule is CC/C=C(C)\C=C(/CC)NC(=O)OCC1CO1. The van der Waals surface area contributed by atoms with Gasteiger partial charge in [0.25, 0.3) is 0 Å². The van der Waals surface area contributed by atoms with Crippen LogP contribution in [0.5, 0.6) is 0 Å². The Morgan fingerprint density at radius 1 is 1.53 bits per heavy atom. The van der Waals surface area contributed by atoms with Gasteiger partial charge in [-0.25, -0.2) is 4.79 Å². The van der Waals surface area contributed by atoms with Crippen LogP contribution < -0.4 is 5.32 Å². The monoisotopic (exact) mass is 239 g/mol. The normalized spacial score (nSPS) is 20.1. The summed E-state index contributed by atoms with van der Waals surface area (Å²) in [6.07, 6.45) is 5.54. The van der Waals surface area contributed by atoms with Crippen LogP contribution in [0.2, 0.25) is 0 Å². The van der Waals surface area contributed by atoms with Crippen LogP contribution in [0, 0.1) is 0 Å². The Morgan fingerprint density at radius 3 is 2.76 bits per heavy atom. The molecule has 0 radical (unpaired) electrons. The smallest absolute Gasteiger partial charge is 0.411 e. The summed E-state index contributed by atoms with van der Waals surface area (Å²) in [5.41, 5.74) is 2.02. The molecule has 1 amide bonds. The Morgan fingerprint density at radius 2 is 2.24 bits per heavy atom. The lowest BCUT2D eigenvalue weighted by Gasteiger charge is -2.08. The molecule has 1 N–H and O–H groups in total. The topological polar surface area (TPSA) is 50.9 Å². The lowest BCUT2D eigenvalue weighted by atomic mass is 10.2. The summed E-state index contributed by atoms with van der Waals surface area (Å²) in [5, 5.41) is 2.74. The molecule has 1 rings (SSSR count). The van der Waals surface area contributed by atoms with Crippen molar-refractivity contribution in [2.45, 2.75) is 39.7 Å². The highest BCUT2D eigenvalue weighted by Gasteiger charge is 2.24. The maximum absolute atomic E-state index is 11.4. The predicted octanol–water partition coefficient (Wildman–Crippen LogP) is 2.76. The number of nitrogens with one attached hydrogen (secondary N) is 1. The van der Waals surface area contributed by atoms with Gasteiger partial charge >= 0.3 is 6.09 Å². The molecule has 1 aliphatic heterocycles. The Labute approximate surface area is 103 Å². The highest BCUT2D eigenvalue weighted by atomic mass is 16.6. The van der Waals surface area contributed by atoms with Crippen LogP contribution in [0.4, 0.5) is 4.79 Å². The number of hydrogen-bond donors (Lipinski definition) is 1. The van der Waals surface area contributed by atoms with Gasteiger partial charge in [-0.05, 0) is 25.8 Å². The molecule has 1 aliphatic rings. The molecule has 1 fully saturated rings. The Hall–Kier alpha value is -1.29. The van der Waals surface area contributed by atoms with Crippen molar-refractivity contribution >= 4 is 6.09 Å². The fraction of sp³-hybridized carbons (Fsp3) is 0.615. The molecule has 4 heteroatoms. The van der Waals surface area contributed by atoms with E-state index in [0.29, 0.717) is 13.2 Å². The maximum atomic E-state index is 11.4. The molecule has 0 aromatic heterocycles. The van der Waals surface area contributed by atoms with Gasteiger partial charge < -0.3 is 9.47 Å². The van der Waals surface area contributed by atoms with E-state index >= 15 is 0 Å². The molecule has 0 aromatic carbocycles. The fourth-order valence-corrected chi connectivity index (χ4v) is 1.38. The van der Waals surface area contributed by atoms with E-state index in [4.69, 9.17) is 9.47 Å². The van der Waals surface area contributed by atoms with Gasteiger partial charge in [0.05, 0.1) is 6.61 Å². The first-order chi connectivity index (χ1) is 8.15. The molecule has 1 unspecified atom stereocenters. The minimum absolute atomic E-state index is 0.108. The Balaban J connectivity index is 2.38. The summed E-state index contributed by atoms with van der Waals surface area (Å²) < 4.78 is 9.96. The molecule has 0 aromatic rings. The van der Waals surface area contributed by atoms with Crippen molar-refractivity contribution in [3.05, 3.63) is 23.4 Å². The summed E-state index contributed by atoms with van der Waals surface area (Å²) in [6.45, 7) is 7.13. The molecular weight excluding hydrogens is 218 g/mol. The van der Waals surface area contributed by atoms with E-state index in [0.717, 1.165) is 24.1 Å². The average molecular weight is 239 g/mol. The molecule has 17 heavy (non-hydrogen) atoms. The second-order valence-electron chi connectivity index (χ2n) is 4.06. The van der Waals surface area contributed by atoms with Crippen molar-refractivity contribution in [1.82, 2.24) is 5.32 Å². The molecule has 4 nitrogen and oxygen atoms in total. The third-order valence-electron chi connectivity index (χ3n) is 2.37. The number of carbonyl (C=O) groups is 1. The van der Waals surface area contributed by atoms with Gasteiger partial charge in [-0.15, -0.1) is 0 Å². The molecule has 1 heterocycles. The first-order valence-corrected chi connectivity index (χ1v) is 6.08. The average Bonchev–Trinajstić information content (AvgIpc) is 3.09. The van der Waals surface area contributed by atoms with Crippen LogP contribution in [-0.4, -0.2) is 25.4 Å². The van der Waals surface area contributed by atoms with Gasteiger partial charge in [0.2, 0.25) is 0 Å². The molecular formula is C13H21NO3. The fourth-order valence-electron chi connectivity index (χ4n) is 1.38. The third-order valence-corrected chi connectivity index (χ3v) is 2.37. The molecule has 0 bridgehead atoms. The first kappa shape index (κ1) is 13.8. The number of amides is 1. The molecule has 1 saturated heterocycles. The molecule has 1 atom stereocenters. The summed E-state index contributed by atoms with van der Waals surface area (Å²) in [5.74, 6) is 0. The van der Waals surface area contributed by atoms with Crippen molar-refractivity contribution in [2.24, 2.45) is 0 Å². The van der Waals surface area contributed by atoms with Gasteiger partial charge in [-0.1, -0.05) is 25.5 Å². The van der Waals surface area contributed by atoms with Gasteiger partial charge in [0.15, 0.2) is 0 Å². The van der Waals surface area contributed by atoms with E-state index in [9.17, 15) is 4.79 Å². The summed E-state index contributed by atoms with van der Waals surface area (Å²) >= 11 is 0. The van der Waals surface area contributed by atoms with Gasteiger partial charge in [-0.2, -0.15) is 0 Å². The van der Waals surface area contributed by atoms with Crippen LogP contribution in [0.1, 0.15) is 33.6 Å². The van der Waals surface area contributed by atoms with Crippen LogP contribution in [0.3, 0.4) is 0 Å². The Bertz CT molecular complexity index is 317. The first-order valence-electron chi connectivity index (χ1n) is 6.08. The van der Waals surface area contributed by atoms with Crippen LogP contribution in [0.15, 0.2) is 23.4 Å². The van der Waals surface area contributed by atoms with E-state index < -0.39 is 6.09 Å². The van der Waals surface area contributed by atoms with E-state index in [-0.39, 0.29) is 6.10 Å². The van der Waals surface area contributed by atoms with Crippen molar-refractivity contribution < 1.29 is 14.3 Å². The standard InChI is InChI=1S/C13H21NO3/c1-4-6-10(3)7-11(5-2)14-13(15)17-9-12-8-16-12/h6-7,12H,4-5,8-9H2,1-3H3,(H,14,15)/b10-6-,11-7+. The number of rotatable bonds is 6.